The molecule has 2 rings (SSSR count). The molecule has 130 valence electrons. The number of aldehydes is 1. The smallest absolute Gasteiger partial charge is 0.317 e. The zero-order valence-electron chi connectivity index (χ0n) is 13.6. The van der Waals surface area contributed by atoms with Crippen molar-refractivity contribution < 1.29 is 19.1 Å². The number of nitrogens with one attached hydrogen (secondary N) is 2. The lowest BCUT2D eigenvalue weighted by molar-refractivity contribution is -0.123. The van der Waals surface area contributed by atoms with Crippen molar-refractivity contribution in [3.63, 3.8) is 0 Å². The molecular formula is C17H23N3O4. The molecule has 1 aromatic rings. The van der Waals surface area contributed by atoms with E-state index in [0.29, 0.717) is 39.1 Å². The zero-order valence-corrected chi connectivity index (χ0v) is 13.6. The number of carbonyl (C=O) groups excluding carboxylic acids is 3. The van der Waals surface area contributed by atoms with Gasteiger partial charge in [0, 0.05) is 13.1 Å². The summed E-state index contributed by atoms with van der Waals surface area (Å²) >= 11 is 0. The van der Waals surface area contributed by atoms with E-state index in [9.17, 15) is 14.4 Å². The average Bonchev–Trinajstić information content (AvgIpc) is 2.64. The number of carbonyl (C=O) groups is 3. The van der Waals surface area contributed by atoms with Gasteiger partial charge >= 0.3 is 6.03 Å². The lowest BCUT2D eigenvalue weighted by atomic mass is 10.1. The fourth-order valence-electron chi connectivity index (χ4n) is 2.43. The van der Waals surface area contributed by atoms with Crippen molar-refractivity contribution >= 4 is 18.2 Å². The highest BCUT2D eigenvalue weighted by Crippen LogP contribution is 2.04. The highest BCUT2D eigenvalue weighted by Gasteiger charge is 2.18. The largest absolute Gasteiger partial charge is 0.378 e. The van der Waals surface area contributed by atoms with Crippen LogP contribution in [0, 0.1) is 0 Å². The summed E-state index contributed by atoms with van der Waals surface area (Å²) < 4.78 is 5.17. The summed E-state index contributed by atoms with van der Waals surface area (Å²) in [5.41, 5.74) is 1.11. The van der Waals surface area contributed by atoms with E-state index in [-0.39, 0.29) is 18.5 Å². The Balaban J connectivity index is 1.69. The van der Waals surface area contributed by atoms with Crippen molar-refractivity contribution in [1.82, 2.24) is 15.5 Å². The number of urea groups is 1. The molecule has 3 amide bonds. The summed E-state index contributed by atoms with van der Waals surface area (Å²) in [6.45, 7) is 1.90. The molecule has 1 fully saturated rings. The first-order valence-corrected chi connectivity index (χ1v) is 8.08. The molecule has 0 bridgehead atoms. The number of hydrogen-bond donors (Lipinski definition) is 2. The second kappa shape index (κ2) is 9.67. The van der Waals surface area contributed by atoms with Crippen molar-refractivity contribution in [2.45, 2.75) is 18.9 Å². The van der Waals surface area contributed by atoms with E-state index < -0.39 is 6.04 Å². The van der Waals surface area contributed by atoms with Crippen LogP contribution in [0.3, 0.4) is 0 Å². The van der Waals surface area contributed by atoms with E-state index in [1.165, 1.54) is 0 Å². The molecular weight excluding hydrogens is 310 g/mol. The fraction of sp³-hybridized carbons (Fsp3) is 0.471. The number of aryl methyl sites for hydroxylation is 1. The Morgan fingerprint density at radius 1 is 1.21 bits per heavy atom. The molecule has 1 aliphatic rings. The molecule has 0 saturated carbocycles. The van der Waals surface area contributed by atoms with Gasteiger partial charge in [-0.1, -0.05) is 30.3 Å². The van der Waals surface area contributed by atoms with Gasteiger partial charge in [-0.15, -0.1) is 0 Å². The van der Waals surface area contributed by atoms with Crippen molar-refractivity contribution in [2.75, 3.05) is 32.8 Å². The quantitative estimate of drug-likeness (QED) is 0.705. The molecule has 1 saturated heterocycles. The third-order valence-electron chi connectivity index (χ3n) is 3.80. The van der Waals surface area contributed by atoms with Crippen LogP contribution in [0.5, 0.6) is 0 Å². The normalized spacial score (nSPS) is 15.4. The van der Waals surface area contributed by atoms with E-state index in [1.807, 2.05) is 30.3 Å². The predicted molar refractivity (Wildman–Crippen MR) is 88.5 cm³/mol. The highest BCUT2D eigenvalue weighted by atomic mass is 16.5. The molecule has 0 radical (unpaired) electrons. The molecule has 0 aromatic heterocycles. The summed E-state index contributed by atoms with van der Waals surface area (Å²) in [5.74, 6) is -0.373. The number of ether oxygens (including phenoxy) is 1. The fourth-order valence-corrected chi connectivity index (χ4v) is 2.43. The van der Waals surface area contributed by atoms with E-state index >= 15 is 0 Å². The van der Waals surface area contributed by atoms with E-state index in [1.54, 1.807) is 4.90 Å². The first-order chi connectivity index (χ1) is 11.7. The minimum absolute atomic E-state index is 0.147. The zero-order chi connectivity index (χ0) is 17.2. The van der Waals surface area contributed by atoms with Crippen molar-refractivity contribution in [3.05, 3.63) is 35.9 Å². The first-order valence-electron chi connectivity index (χ1n) is 8.08. The Kier molecular flexibility index (Phi) is 7.22. The van der Waals surface area contributed by atoms with E-state index in [4.69, 9.17) is 4.74 Å². The maximum absolute atomic E-state index is 11.9. The van der Waals surface area contributed by atoms with Crippen LogP contribution in [0.25, 0.3) is 0 Å². The van der Waals surface area contributed by atoms with Gasteiger partial charge in [-0.3, -0.25) is 4.79 Å². The SMILES string of the molecule is O=C[C@H](CCc1ccccc1)NC(=O)CNC(=O)N1CCOCC1. The standard InChI is InChI=1S/C17H23N3O4/c21-13-15(7-6-14-4-2-1-3-5-14)19-16(22)12-18-17(23)20-8-10-24-11-9-20/h1-5,13,15H,6-12H2,(H,18,23)(H,19,22)/t15-/m0/s1. The lowest BCUT2D eigenvalue weighted by Crippen LogP contribution is -2.49. The van der Waals surface area contributed by atoms with Gasteiger partial charge in [0.25, 0.3) is 0 Å². The number of hydrogen-bond acceptors (Lipinski definition) is 4. The van der Waals surface area contributed by atoms with Crippen LogP contribution in [0.4, 0.5) is 4.79 Å². The summed E-state index contributed by atoms with van der Waals surface area (Å²) in [7, 11) is 0. The van der Waals surface area contributed by atoms with Crippen LogP contribution in [0.1, 0.15) is 12.0 Å². The number of nitrogens with zero attached hydrogens (tertiary/aromatic N) is 1. The number of benzene rings is 1. The summed E-state index contributed by atoms with van der Waals surface area (Å²) in [4.78, 5) is 36.5. The van der Waals surface area contributed by atoms with Gasteiger partial charge in [-0.2, -0.15) is 0 Å². The van der Waals surface area contributed by atoms with Gasteiger partial charge in [0.05, 0.1) is 25.8 Å². The van der Waals surface area contributed by atoms with Crippen molar-refractivity contribution in [1.29, 1.82) is 0 Å². The summed E-state index contributed by atoms with van der Waals surface area (Å²) in [6.07, 6.45) is 1.95. The van der Waals surface area contributed by atoms with Crippen molar-refractivity contribution in [3.8, 4) is 0 Å². The molecule has 24 heavy (non-hydrogen) atoms. The van der Waals surface area contributed by atoms with Gasteiger partial charge in [0.1, 0.15) is 6.29 Å². The van der Waals surface area contributed by atoms with Gasteiger partial charge in [0.2, 0.25) is 5.91 Å². The number of rotatable bonds is 7. The molecule has 0 aliphatic carbocycles. The third kappa shape index (κ3) is 6.00. The summed E-state index contributed by atoms with van der Waals surface area (Å²) in [6, 6.07) is 8.91. The Bertz CT molecular complexity index is 544. The Hall–Kier alpha value is -2.41. The number of morpholine rings is 1. The minimum atomic E-state index is -0.557. The van der Waals surface area contributed by atoms with Crippen molar-refractivity contribution in [2.24, 2.45) is 0 Å². The summed E-state index contributed by atoms with van der Waals surface area (Å²) in [5, 5.41) is 5.19. The molecule has 1 atom stereocenters. The molecule has 7 nitrogen and oxygen atoms in total. The molecule has 0 spiro atoms. The second-order valence-corrected chi connectivity index (χ2v) is 5.59. The van der Waals surface area contributed by atoms with Crippen LogP contribution in [-0.4, -0.2) is 62.0 Å². The Labute approximate surface area is 141 Å². The van der Waals surface area contributed by atoms with Crippen LogP contribution < -0.4 is 10.6 Å². The lowest BCUT2D eigenvalue weighted by Gasteiger charge is -2.26. The predicted octanol–water partition coefficient (Wildman–Crippen LogP) is 0.345. The van der Waals surface area contributed by atoms with Gasteiger partial charge < -0.3 is 25.1 Å². The van der Waals surface area contributed by atoms with Crippen LogP contribution in [-0.2, 0) is 20.7 Å². The van der Waals surface area contributed by atoms with Gasteiger partial charge in [0.15, 0.2) is 0 Å². The molecule has 1 heterocycles. The van der Waals surface area contributed by atoms with E-state index in [2.05, 4.69) is 10.6 Å². The van der Waals surface area contributed by atoms with Crippen LogP contribution >= 0.6 is 0 Å². The second-order valence-electron chi connectivity index (χ2n) is 5.59. The maximum atomic E-state index is 11.9. The molecule has 1 aliphatic heterocycles. The van der Waals surface area contributed by atoms with Crippen LogP contribution in [0.15, 0.2) is 30.3 Å². The minimum Gasteiger partial charge on any atom is -0.378 e. The first kappa shape index (κ1) is 17.9. The molecule has 7 heteroatoms. The molecule has 0 unspecified atom stereocenters. The van der Waals surface area contributed by atoms with Crippen LogP contribution in [0.2, 0.25) is 0 Å². The number of amides is 3. The highest BCUT2D eigenvalue weighted by molar-refractivity contribution is 5.85. The Morgan fingerprint density at radius 3 is 2.58 bits per heavy atom. The molecule has 2 N–H and O–H groups in total. The topological polar surface area (TPSA) is 87.7 Å². The van der Waals surface area contributed by atoms with Gasteiger partial charge in [-0.05, 0) is 18.4 Å². The average molecular weight is 333 g/mol. The maximum Gasteiger partial charge on any atom is 0.317 e. The third-order valence-corrected chi connectivity index (χ3v) is 3.80. The van der Waals surface area contributed by atoms with Gasteiger partial charge in [-0.25, -0.2) is 4.79 Å². The Morgan fingerprint density at radius 2 is 1.92 bits per heavy atom. The molecule has 1 aromatic carbocycles. The monoisotopic (exact) mass is 333 g/mol. The van der Waals surface area contributed by atoms with E-state index in [0.717, 1.165) is 11.8 Å².